The molecule has 0 N–H and O–H groups in total. The molecule has 0 aromatic heterocycles. The Hall–Kier alpha value is -1.02. The summed E-state index contributed by atoms with van der Waals surface area (Å²) >= 11 is 0. The van der Waals surface area contributed by atoms with Gasteiger partial charge in [0.15, 0.2) is 0 Å². The maximum Gasteiger partial charge on any atom is 0.119 e. The topological polar surface area (TPSA) is 12.5 Å². The van der Waals surface area contributed by atoms with Gasteiger partial charge in [-0.25, -0.2) is 0 Å². The van der Waals surface area contributed by atoms with Gasteiger partial charge >= 0.3 is 0 Å². The van der Waals surface area contributed by atoms with Crippen LogP contribution in [-0.4, -0.2) is 29.1 Å². The van der Waals surface area contributed by atoms with Crippen LogP contribution in [0.4, 0.5) is 0 Å². The summed E-state index contributed by atoms with van der Waals surface area (Å²) < 4.78 is 5.85. The zero-order valence-corrected chi connectivity index (χ0v) is 12.8. The van der Waals surface area contributed by atoms with Crippen molar-refractivity contribution in [2.45, 2.75) is 58.0 Å². The maximum atomic E-state index is 5.85. The van der Waals surface area contributed by atoms with Crippen LogP contribution in [-0.2, 0) is 0 Å². The molecule has 1 aliphatic rings. The Labute approximate surface area is 117 Å². The van der Waals surface area contributed by atoms with Crippen molar-refractivity contribution >= 4 is 0 Å². The van der Waals surface area contributed by atoms with Gasteiger partial charge in [0.2, 0.25) is 0 Å². The Bertz CT molecular complexity index is 381. The van der Waals surface area contributed by atoms with Crippen LogP contribution in [0.3, 0.4) is 0 Å². The Morgan fingerprint density at radius 1 is 1.00 bits per heavy atom. The summed E-state index contributed by atoms with van der Waals surface area (Å²) in [6.45, 7) is 11.2. The normalized spacial score (nSPS) is 22.1. The van der Waals surface area contributed by atoms with E-state index in [1.807, 2.05) is 30.3 Å². The second-order valence-electron chi connectivity index (χ2n) is 6.79. The SMILES string of the molecule is CC1(C)CCCC(C)(C)N1CCOc1ccccc1. The fourth-order valence-corrected chi connectivity index (χ4v) is 3.42. The molecule has 0 atom stereocenters. The number of nitrogens with zero attached hydrogens (tertiary/aromatic N) is 1. The van der Waals surface area contributed by atoms with Gasteiger partial charge in [-0.15, -0.1) is 0 Å². The first-order valence-electron chi connectivity index (χ1n) is 7.37. The van der Waals surface area contributed by atoms with Gasteiger partial charge in [-0.2, -0.15) is 0 Å². The van der Waals surface area contributed by atoms with Crippen LogP contribution in [0.15, 0.2) is 30.3 Å². The fraction of sp³-hybridized carbons (Fsp3) is 0.647. The standard InChI is InChI=1S/C17H27NO/c1-16(2)11-8-12-17(3,4)18(16)13-14-19-15-9-6-5-7-10-15/h5-7,9-10H,8,11-14H2,1-4H3. The van der Waals surface area contributed by atoms with Gasteiger partial charge < -0.3 is 4.74 Å². The van der Waals surface area contributed by atoms with E-state index < -0.39 is 0 Å². The van der Waals surface area contributed by atoms with E-state index in [0.717, 1.165) is 18.9 Å². The average Bonchev–Trinajstić information content (AvgIpc) is 2.33. The maximum absolute atomic E-state index is 5.85. The highest BCUT2D eigenvalue weighted by molar-refractivity contribution is 5.20. The Morgan fingerprint density at radius 3 is 2.16 bits per heavy atom. The van der Waals surface area contributed by atoms with Crippen molar-refractivity contribution in [3.8, 4) is 5.75 Å². The smallest absolute Gasteiger partial charge is 0.119 e. The zero-order chi connectivity index (χ0) is 13.9. The summed E-state index contributed by atoms with van der Waals surface area (Å²) in [6.07, 6.45) is 3.89. The van der Waals surface area contributed by atoms with Gasteiger partial charge in [-0.1, -0.05) is 18.2 Å². The molecular weight excluding hydrogens is 234 g/mol. The van der Waals surface area contributed by atoms with Crippen molar-refractivity contribution in [1.82, 2.24) is 4.90 Å². The third kappa shape index (κ3) is 3.50. The summed E-state index contributed by atoms with van der Waals surface area (Å²) in [7, 11) is 0. The van der Waals surface area contributed by atoms with Crippen LogP contribution in [0.25, 0.3) is 0 Å². The van der Waals surface area contributed by atoms with Crippen LogP contribution in [0.5, 0.6) is 5.75 Å². The molecule has 2 rings (SSSR count). The van der Waals surface area contributed by atoms with E-state index >= 15 is 0 Å². The first-order chi connectivity index (χ1) is 8.92. The molecule has 0 unspecified atom stereocenters. The highest BCUT2D eigenvalue weighted by Crippen LogP contribution is 2.37. The number of likely N-dealkylation sites (tertiary alicyclic amines) is 1. The molecule has 1 heterocycles. The Morgan fingerprint density at radius 2 is 1.58 bits per heavy atom. The lowest BCUT2D eigenvalue weighted by molar-refractivity contribution is -0.0340. The molecule has 106 valence electrons. The van der Waals surface area contributed by atoms with E-state index in [1.54, 1.807) is 0 Å². The van der Waals surface area contributed by atoms with E-state index in [4.69, 9.17) is 4.74 Å². The van der Waals surface area contributed by atoms with Crippen molar-refractivity contribution in [2.75, 3.05) is 13.2 Å². The van der Waals surface area contributed by atoms with Crippen LogP contribution in [0.1, 0.15) is 47.0 Å². The molecule has 1 aromatic rings. The largest absolute Gasteiger partial charge is 0.492 e. The number of hydrogen-bond acceptors (Lipinski definition) is 2. The summed E-state index contributed by atoms with van der Waals surface area (Å²) in [6, 6.07) is 10.1. The summed E-state index contributed by atoms with van der Waals surface area (Å²) in [4.78, 5) is 2.62. The van der Waals surface area contributed by atoms with E-state index in [0.29, 0.717) is 0 Å². The van der Waals surface area contributed by atoms with E-state index in [1.165, 1.54) is 19.3 Å². The highest BCUT2D eigenvalue weighted by Gasteiger charge is 2.40. The lowest BCUT2D eigenvalue weighted by Crippen LogP contribution is -2.59. The molecule has 1 aliphatic heterocycles. The third-order valence-corrected chi connectivity index (χ3v) is 4.37. The van der Waals surface area contributed by atoms with Gasteiger partial charge in [-0.3, -0.25) is 4.90 Å². The fourth-order valence-electron chi connectivity index (χ4n) is 3.42. The quantitative estimate of drug-likeness (QED) is 0.808. The molecule has 0 saturated carbocycles. The molecule has 0 radical (unpaired) electrons. The number of benzene rings is 1. The number of hydrogen-bond donors (Lipinski definition) is 0. The molecular formula is C17H27NO. The molecule has 2 heteroatoms. The minimum Gasteiger partial charge on any atom is -0.492 e. The summed E-state index contributed by atoms with van der Waals surface area (Å²) in [5, 5.41) is 0. The van der Waals surface area contributed by atoms with Gasteiger partial charge in [-0.05, 0) is 59.1 Å². The van der Waals surface area contributed by atoms with Crippen molar-refractivity contribution in [1.29, 1.82) is 0 Å². The number of ether oxygens (including phenoxy) is 1. The van der Waals surface area contributed by atoms with E-state index in [-0.39, 0.29) is 11.1 Å². The second-order valence-corrected chi connectivity index (χ2v) is 6.79. The van der Waals surface area contributed by atoms with Crippen LogP contribution < -0.4 is 4.74 Å². The van der Waals surface area contributed by atoms with Crippen molar-refractivity contribution in [2.24, 2.45) is 0 Å². The van der Waals surface area contributed by atoms with Crippen LogP contribution in [0, 0.1) is 0 Å². The molecule has 1 aromatic carbocycles. The highest BCUT2D eigenvalue weighted by atomic mass is 16.5. The average molecular weight is 261 g/mol. The molecule has 0 aliphatic carbocycles. The van der Waals surface area contributed by atoms with Gasteiger partial charge in [0.1, 0.15) is 12.4 Å². The first kappa shape index (κ1) is 14.4. The number of piperidine rings is 1. The van der Waals surface area contributed by atoms with Gasteiger partial charge in [0, 0.05) is 17.6 Å². The Balaban J connectivity index is 1.93. The number of rotatable bonds is 4. The molecule has 0 bridgehead atoms. The molecule has 1 saturated heterocycles. The first-order valence-corrected chi connectivity index (χ1v) is 7.37. The van der Waals surface area contributed by atoms with Crippen molar-refractivity contribution < 1.29 is 4.74 Å². The molecule has 2 nitrogen and oxygen atoms in total. The molecule has 1 fully saturated rings. The van der Waals surface area contributed by atoms with E-state index in [2.05, 4.69) is 32.6 Å². The predicted molar refractivity (Wildman–Crippen MR) is 80.7 cm³/mol. The molecule has 0 spiro atoms. The van der Waals surface area contributed by atoms with Crippen molar-refractivity contribution in [3.05, 3.63) is 30.3 Å². The monoisotopic (exact) mass is 261 g/mol. The zero-order valence-electron chi connectivity index (χ0n) is 12.8. The minimum absolute atomic E-state index is 0.280. The second kappa shape index (κ2) is 5.54. The number of para-hydroxylation sites is 1. The van der Waals surface area contributed by atoms with Gasteiger partial charge in [0.25, 0.3) is 0 Å². The molecule has 19 heavy (non-hydrogen) atoms. The lowest BCUT2D eigenvalue weighted by atomic mass is 9.80. The van der Waals surface area contributed by atoms with Crippen LogP contribution >= 0.6 is 0 Å². The van der Waals surface area contributed by atoms with Crippen molar-refractivity contribution in [3.63, 3.8) is 0 Å². The lowest BCUT2D eigenvalue weighted by Gasteiger charge is -2.53. The molecule has 0 amide bonds. The third-order valence-electron chi connectivity index (χ3n) is 4.37. The summed E-state index contributed by atoms with van der Waals surface area (Å²) in [5.74, 6) is 0.968. The summed E-state index contributed by atoms with van der Waals surface area (Å²) in [5.41, 5.74) is 0.559. The van der Waals surface area contributed by atoms with Crippen LogP contribution in [0.2, 0.25) is 0 Å². The predicted octanol–water partition coefficient (Wildman–Crippen LogP) is 4.11. The minimum atomic E-state index is 0.280. The van der Waals surface area contributed by atoms with Gasteiger partial charge in [0.05, 0.1) is 0 Å². The van der Waals surface area contributed by atoms with E-state index in [9.17, 15) is 0 Å². The Kier molecular flexibility index (Phi) is 4.19.